The molecule has 0 atom stereocenters. The van der Waals surface area contributed by atoms with Crippen LogP contribution >= 0.6 is 0 Å². The van der Waals surface area contributed by atoms with E-state index in [-0.39, 0.29) is 0 Å². The Kier molecular flexibility index (Phi) is 7.63. The van der Waals surface area contributed by atoms with Crippen LogP contribution in [0.3, 0.4) is 0 Å². The molecular formula is C30H34Ge2O. The van der Waals surface area contributed by atoms with Crippen molar-refractivity contribution in [3.63, 3.8) is 0 Å². The number of hydrogen-bond acceptors (Lipinski definition) is 1. The molecule has 168 valence electrons. The summed E-state index contributed by atoms with van der Waals surface area (Å²) in [4.78, 5) is 0. The van der Waals surface area contributed by atoms with Gasteiger partial charge in [0.2, 0.25) is 0 Å². The van der Waals surface area contributed by atoms with Gasteiger partial charge in [-0.25, -0.2) is 0 Å². The predicted octanol–water partition coefficient (Wildman–Crippen LogP) is 5.34. The molecule has 1 nitrogen and oxygen atoms in total. The first kappa shape index (κ1) is 24.1. The molecular weight excluding hydrogens is 522 g/mol. The van der Waals surface area contributed by atoms with Crippen LogP contribution in [0.2, 0.25) is 9.50 Å². The normalized spacial score (nSPS) is 12.3. The monoisotopic (exact) mass is 558 g/mol. The maximum absolute atomic E-state index is 8.07. The molecule has 4 rings (SSSR count). The second-order valence-corrected chi connectivity index (χ2v) is 27.9. The van der Waals surface area contributed by atoms with Gasteiger partial charge in [0.15, 0.2) is 0 Å². The van der Waals surface area contributed by atoms with Gasteiger partial charge in [-0.3, -0.25) is 0 Å². The van der Waals surface area contributed by atoms with E-state index < -0.39 is 27.2 Å². The van der Waals surface area contributed by atoms with Gasteiger partial charge in [-0.05, 0) is 0 Å². The molecule has 0 spiro atoms. The van der Waals surface area contributed by atoms with Gasteiger partial charge in [-0.2, -0.15) is 0 Å². The molecule has 3 heteroatoms. The summed E-state index contributed by atoms with van der Waals surface area (Å²) in [5, 5.41) is 0. The third-order valence-corrected chi connectivity index (χ3v) is 32.2. The fraction of sp³-hybridized carbons (Fsp3) is 0.200. The van der Waals surface area contributed by atoms with Crippen molar-refractivity contribution in [1.82, 2.24) is 0 Å². The summed E-state index contributed by atoms with van der Waals surface area (Å²) < 4.78 is 14.6. The van der Waals surface area contributed by atoms with Crippen molar-refractivity contribution in [3.05, 3.63) is 121 Å². The zero-order chi connectivity index (χ0) is 23.3. The third kappa shape index (κ3) is 4.51. The number of rotatable bonds is 8. The Morgan fingerprint density at radius 1 is 0.424 bits per heavy atom. The van der Waals surface area contributed by atoms with E-state index in [4.69, 9.17) is 2.79 Å². The minimum atomic E-state index is -3.52. The molecule has 0 saturated carbocycles. The molecule has 0 heterocycles. The fourth-order valence-corrected chi connectivity index (χ4v) is 37.5. The Hall–Kier alpha value is -2.07. The fourth-order valence-electron chi connectivity index (χ4n) is 5.28. The molecule has 0 aromatic heterocycles. The van der Waals surface area contributed by atoms with Crippen LogP contribution in [0.4, 0.5) is 0 Å². The molecule has 4 aromatic carbocycles. The van der Waals surface area contributed by atoms with Crippen molar-refractivity contribution >= 4 is 44.8 Å². The van der Waals surface area contributed by atoms with Crippen LogP contribution in [0.1, 0.15) is 27.7 Å². The summed E-state index contributed by atoms with van der Waals surface area (Å²) in [5.41, 5.74) is 0. The topological polar surface area (TPSA) is 9.23 Å². The first-order valence-corrected chi connectivity index (χ1v) is 20.3. The zero-order valence-electron chi connectivity index (χ0n) is 20.1. The van der Waals surface area contributed by atoms with Gasteiger partial charge < -0.3 is 0 Å². The Bertz CT molecular complexity index is 1020. The molecule has 0 N–H and O–H groups in total. The van der Waals surface area contributed by atoms with Crippen LogP contribution in [0, 0.1) is 0 Å². The second kappa shape index (κ2) is 10.5. The van der Waals surface area contributed by atoms with Crippen LogP contribution in [0.5, 0.6) is 0 Å². The summed E-state index contributed by atoms with van der Waals surface area (Å²) in [5.74, 6) is 0. The van der Waals surface area contributed by atoms with Crippen LogP contribution in [-0.4, -0.2) is 27.2 Å². The van der Waals surface area contributed by atoms with Gasteiger partial charge in [0.25, 0.3) is 0 Å². The molecule has 0 aliphatic carbocycles. The Morgan fingerprint density at radius 3 is 0.970 bits per heavy atom. The standard InChI is InChI=1S/C30H34Ge2O/c1-25(2)31(26(3)4,27-17-9-5-10-18-27)33-32(28-19-11-6-12-20-28,29-21-13-7-14-22-29)30-23-15-8-16-24-30/h5-26H,1-4H3. The van der Waals surface area contributed by atoms with Gasteiger partial charge in [-0.15, -0.1) is 0 Å². The molecule has 0 aliphatic heterocycles. The van der Waals surface area contributed by atoms with Crippen molar-refractivity contribution in [3.8, 4) is 0 Å². The summed E-state index contributed by atoms with van der Waals surface area (Å²) in [6.07, 6.45) is 0. The second-order valence-electron chi connectivity index (χ2n) is 9.35. The average Bonchev–Trinajstić information content (AvgIpc) is 2.87. The first-order valence-electron chi connectivity index (χ1n) is 11.9. The molecule has 0 fully saturated rings. The van der Waals surface area contributed by atoms with Crippen LogP contribution in [0.15, 0.2) is 121 Å². The summed E-state index contributed by atoms with van der Waals surface area (Å²) >= 11 is -6.64. The van der Waals surface area contributed by atoms with E-state index in [0.29, 0.717) is 9.50 Å². The van der Waals surface area contributed by atoms with Crippen LogP contribution in [-0.2, 0) is 2.79 Å². The molecule has 4 aromatic rings. The predicted molar refractivity (Wildman–Crippen MR) is 147 cm³/mol. The molecule has 0 radical (unpaired) electrons. The van der Waals surface area contributed by atoms with Gasteiger partial charge in [-0.1, -0.05) is 0 Å². The third-order valence-electron chi connectivity index (χ3n) is 6.80. The summed E-state index contributed by atoms with van der Waals surface area (Å²) in [6, 6.07) is 44.4. The maximum atomic E-state index is 8.07. The van der Waals surface area contributed by atoms with Gasteiger partial charge in [0, 0.05) is 0 Å². The zero-order valence-corrected chi connectivity index (χ0v) is 24.3. The molecule has 0 unspecified atom stereocenters. The first-order chi connectivity index (χ1) is 16.0. The summed E-state index contributed by atoms with van der Waals surface area (Å²) in [6.45, 7) is 9.56. The molecule has 33 heavy (non-hydrogen) atoms. The Balaban J connectivity index is 2.08. The SMILES string of the molecule is C[CH](C)[Ge]([O][Ge]([c]1ccccc1)([c]1ccccc1)[c]1ccccc1)([c]1ccccc1)[CH](C)C. The van der Waals surface area contributed by atoms with E-state index in [0.717, 1.165) is 0 Å². The van der Waals surface area contributed by atoms with E-state index in [2.05, 4.69) is 149 Å². The average molecular weight is 556 g/mol. The van der Waals surface area contributed by atoms with Gasteiger partial charge in [0.05, 0.1) is 0 Å². The van der Waals surface area contributed by atoms with Crippen molar-refractivity contribution < 1.29 is 2.79 Å². The van der Waals surface area contributed by atoms with Gasteiger partial charge in [0.1, 0.15) is 0 Å². The molecule has 0 bridgehead atoms. The van der Waals surface area contributed by atoms with Crippen LogP contribution in [0.25, 0.3) is 0 Å². The van der Waals surface area contributed by atoms with E-state index >= 15 is 0 Å². The van der Waals surface area contributed by atoms with Crippen molar-refractivity contribution in [2.45, 2.75) is 37.2 Å². The molecule has 0 amide bonds. The van der Waals surface area contributed by atoms with E-state index in [9.17, 15) is 0 Å². The van der Waals surface area contributed by atoms with Crippen LogP contribution < -0.4 is 17.6 Å². The Morgan fingerprint density at radius 2 is 0.697 bits per heavy atom. The summed E-state index contributed by atoms with van der Waals surface area (Å²) in [7, 11) is 0. The minimum absolute atomic E-state index is 0.480. The number of benzene rings is 4. The van der Waals surface area contributed by atoms with Crippen molar-refractivity contribution in [1.29, 1.82) is 0 Å². The Labute approximate surface area is 205 Å². The van der Waals surface area contributed by atoms with Crippen molar-refractivity contribution in [2.24, 2.45) is 0 Å². The van der Waals surface area contributed by atoms with E-state index in [1.807, 2.05) is 0 Å². The van der Waals surface area contributed by atoms with E-state index in [1.165, 1.54) is 17.6 Å². The molecule has 0 aliphatic rings. The van der Waals surface area contributed by atoms with Gasteiger partial charge >= 0.3 is 206 Å². The number of hydrogen-bond donors (Lipinski definition) is 0. The van der Waals surface area contributed by atoms with E-state index in [1.54, 1.807) is 0 Å². The quantitative estimate of drug-likeness (QED) is 0.267. The van der Waals surface area contributed by atoms with Crippen molar-refractivity contribution in [2.75, 3.05) is 0 Å². The molecule has 0 saturated heterocycles.